The summed E-state index contributed by atoms with van der Waals surface area (Å²) in [5, 5.41) is 25.4. The number of hydroxylamine groups is 2. The number of phenols is 1. The van der Waals surface area contributed by atoms with Crippen LogP contribution in [0.4, 0.5) is 5.13 Å². The normalized spacial score (nSPS) is 17.2. The van der Waals surface area contributed by atoms with Gasteiger partial charge in [0, 0.05) is 11.4 Å². The molecule has 2 aromatic rings. The fourth-order valence-corrected chi connectivity index (χ4v) is 4.16. The highest BCUT2D eigenvalue weighted by Crippen LogP contribution is 2.33. The number of aromatic nitrogens is 1. The lowest BCUT2D eigenvalue weighted by Crippen LogP contribution is -2.76. The number of carbonyl (C=O) groups is 2. The molecule has 1 aliphatic heterocycles. The molecule has 16 nitrogen and oxygen atoms in total. The smallest absolute Gasteiger partial charge is 0.418 e. The van der Waals surface area contributed by atoms with Gasteiger partial charge in [-0.05, 0) is 26.0 Å². The van der Waals surface area contributed by atoms with E-state index >= 15 is 0 Å². The van der Waals surface area contributed by atoms with Gasteiger partial charge in [-0.15, -0.1) is 15.6 Å². The van der Waals surface area contributed by atoms with E-state index in [4.69, 9.17) is 31.0 Å². The monoisotopic (exact) mass is 557 g/mol. The van der Waals surface area contributed by atoms with Crippen LogP contribution >= 0.6 is 11.3 Å². The summed E-state index contributed by atoms with van der Waals surface area (Å²) < 4.78 is 40.5. The van der Waals surface area contributed by atoms with Crippen LogP contribution < -0.4 is 21.5 Å². The molecule has 1 unspecified atom stereocenters. The first-order valence-corrected chi connectivity index (χ1v) is 12.5. The molecule has 1 aromatic carbocycles. The number of hydrogen-bond donors (Lipinski definition) is 6. The largest absolute Gasteiger partial charge is 0.507 e. The van der Waals surface area contributed by atoms with Crippen LogP contribution in [-0.4, -0.2) is 76.3 Å². The number of nitrogen functional groups attached to an aromatic ring is 2. The van der Waals surface area contributed by atoms with E-state index in [1.807, 2.05) is 0 Å². The SMILES string of the molecule is CC1(C)C(NC(=O)C(=NOCCOc2ccc(C(=N)N)c(O)c2)c2csc(N)n2)C(=O)N1OS(=O)(=O)O. The van der Waals surface area contributed by atoms with Crippen molar-refractivity contribution in [2.45, 2.75) is 25.4 Å². The second-order valence-electron chi connectivity index (χ2n) is 7.98. The summed E-state index contributed by atoms with van der Waals surface area (Å²) in [7, 11) is -4.96. The highest BCUT2D eigenvalue weighted by atomic mass is 32.3. The van der Waals surface area contributed by atoms with Crippen LogP contribution in [0.5, 0.6) is 11.5 Å². The van der Waals surface area contributed by atoms with Crippen molar-refractivity contribution >= 4 is 50.2 Å². The number of ether oxygens (including phenoxy) is 1. The Morgan fingerprint density at radius 1 is 1.38 bits per heavy atom. The molecule has 1 fully saturated rings. The second-order valence-corrected chi connectivity index (χ2v) is 9.87. The number of nitrogens with two attached hydrogens (primary N) is 2. The van der Waals surface area contributed by atoms with Crippen molar-refractivity contribution in [1.82, 2.24) is 15.4 Å². The van der Waals surface area contributed by atoms with E-state index in [0.29, 0.717) is 5.06 Å². The van der Waals surface area contributed by atoms with Crippen LogP contribution in [0.25, 0.3) is 0 Å². The summed E-state index contributed by atoms with van der Waals surface area (Å²) in [5.74, 6) is -2.09. The van der Waals surface area contributed by atoms with Gasteiger partial charge in [-0.3, -0.25) is 19.6 Å². The molecule has 1 aliphatic rings. The lowest BCUT2D eigenvalue weighted by atomic mass is 9.84. The predicted octanol–water partition coefficient (Wildman–Crippen LogP) is -0.645. The van der Waals surface area contributed by atoms with E-state index < -0.39 is 33.8 Å². The molecule has 1 aromatic heterocycles. The molecule has 37 heavy (non-hydrogen) atoms. The van der Waals surface area contributed by atoms with Crippen molar-refractivity contribution < 1.29 is 41.5 Å². The summed E-state index contributed by atoms with van der Waals surface area (Å²) in [6.45, 7) is 2.61. The van der Waals surface area contributed by atoms with Crippen molar-refractivity contribution in [3.8, 4) is 11.5 Å². The van der Waals surface area contributed by atoms with E-state index in [9.17, 15) is 23.1 Å². The first-order valence-electron chi connectivity index (χ1n) is 10.2. The number of carbonyl (C=O) groups excluding carboxylic acids is 2. The number of amides is 2. The van der Waals surface area contributed by atoms with Gasteiger partial charge in [0.25, 0.3) is 11.8 Å². The summed E-state index contributed by atoms with van der Waals surface area (Å²) in [4.78, 5) is 34.4. The topological polar surface area (TPSA) is 253 Å². The van der Waals surface area contributed by atoms with Gasteiger partial charge in [-0.2, -0.15) is 13.5 Å². The maximum Gasteiger partial charge on any atom is 0.418 e. The number of amidine groups is 1. The number of aromatic hydroxyl groups is 1. The van der Waals surface area contributed by atoms with Crippen molar-refractivity contribution in [1.29, 1.82) is 5.41 Å². The summed E-state index contributed by atoms with van der Waals surface area (Å²) in [6, 6.07) is 2.94. The number of nitrogens with zero attached hydrogens (tertiary/aromatic N) is 3. The van der Waals surface area contributed by atoms with Crippen LogP contribution in [0.2, 0.25) is 0 Å². The average Bonchev–Trinajstić information content (AvgIpc) is 3.22. The van der Waals surface area contributed by atoms with Gasteiger partial charge in [-0.1, -0.05) is 5.16 Å². The molecule has 0 radical (unpaired) electrons. The molecule has 0 bridgehead atoms. The number of nitrogens with one attached hydrogen (secondary N) is 2. The molecular weight excluding hydrogens is 534 g/mol. The second kappa shape index (κ2) is 10.5. The van der Waals surface area contributed by atoms with Gasteiger partial charge in [0.15, 0.2) is 17.5 Å². The van der Waals surface area contributed by atoms with Crippen LogP contribution in [0.1, 0.15) is 25.1 Å². The Morgan fingerprint density at radius 2 is 2.08 bits per heavy atom. The molecule has 1 saturated heterocycles. The zero-order valence-corrected chi connectivity index (χ0v) is 21.0. The molecular formula is C19H23N7O9S2. The number of phenolic OH excluding ortho intramolecular Hbond substituents is 1. The van der Waals surface area contributed by atoms with Crippen LogP contribution in [0, 0.1) is 5.41 Å². The molecule has 8 N–H and O–H groups in total. The molecule has 3 rings (SSSR count). The van der Waals surface area contributed by atoms with Gasteiger partial charge in [0.2, 0.25) is 0 Å². The highest BCUT2D eigenvalue weighted by molar-refractivity contribution is 7.80. The summed E-state index contributed by atoms with van der Waals surface area (Å²) in [6.07, 6.45) is 0. The highest BCUT2D eigenvalue weighted by Gasteiger charge is 2.58. The minimum atomic E-state index is -4.96. The quantitative estimate of drug-likeness (QED) is 0.0503. The zero-order valence-electron chi connectivity index (χ0n) is 19.4. The van der Waals surface area contributed by atoms with E-state index in [1.165, 1.54) is 37.4 Å². The zero-order chi connectivity index (χ0) is 27.5. The van der Waals surface area contributed by atoms with Crippen LogP contribution in [0.3, 0.4) is 0 Å². The van der Waals surface area contributed by atoms with Gasteiger partial charge in [0.05, 0.1) is 11.1 Å². The molecule has 1 atom stereocenters. The lowest BCUT2D eigenvalue weighted by Gasteiger charge is -2.50. The molecule has 0 saturated carbocycles. The Balaban J connectivity index is 1.65. The van der Waals surface area contributed by atoms with Gasteiger partial charge < -0.3 is 31.5 Å². The van der Waals surface area contributed by atoms with Crippen molar-refractivity contribution in [2.75, 3.05) is 18.9 Å². The first-order chi connectivity index (χ1) is 17.2. The number of rotatable bonds is 11. The summed E-state index contributed by atoms with van der Waals surface area (Å²) in [5.41, 5.74) is 9.52. The number of benzene rings is 1. The molecule has 2 amide bonds. The molecule has 200 valence electrons. The van der Waals surface area contributed by atoms with Gasteiger partial charge >= 0.3 is 10.4 Å². The Hall–Kier alpha value is -4.00. The maximum atomic E-state index is 12.9. The minimum Gasteiger partial charge on any atom is -0.507 e. The number of β-lactam (4-membered cyclic amide) rings is 1. The Bertz CT molecular complexity index is 1360. The third-order valence-corrected chi connectivity index (χ3v) is 5.97. The molecule has 18 heteroatoms. The van der Waals surface area contributed by atoms with E-state index in [1.54, 1.807) is 0 Å². The maximum absolute atomic E-state index is 12.9. The first kappa shape index (κ1) is 27.6. The third-order valence-electron chi connectivity index (χ3n) is 4.96. The third kappa shape index (κ3) is 6.42. The lowest BCUT2D eigenvalue weighted by molar-refractivity contribution is -0.218. The fraction of sp³-hybridized carbons (Fsp3) is 0.316. The molecule has 0 aliphatic carbocycles. The summed E-state index contributed by atoms with van der Waals surface area (Å²) >= 11 is 1.03. The van der Waals surface area contributed by atoms with E-state index in [0.717, 1.165) is 11.3 Å². The Morgan fingerprint density at radius 3 is 2.62 bits per heavy atom. The Labute approximate surface area is 214 Å². The number of oxime groups is 1. The number of hydrogen-bond acceptors (Lipinski definition) is 13. The van der Waals surface area contributed by atoms with E-state index in [2.05, 4.69) is 19.7 Å². The van der Waals surface area contributed by atoms with Gasteiger partial charge in [0.1, 0.15) is 35.7 Å². The number of anilines is 1. The van der Waals surface area contributed by atoms with E-state index in [-0.39, 0.29) is 52.6 Å². The molecule has 0 spiro atoms. The van der Waals surface area contributed by atoms with Gasteiger partial charge in [-0.25, -0.2) is 4.98 Å². The molecule has 2 heterocycles. The van der Waals surface area contributed by atoms with Crippen molar-refractivity contribution in [3.05, 3.63) is 34.8 Å². The van der Waals surface area contributed by atoms with Crippen LogP contribution in [-0.2, 0) is 29.1 Å². The average molecular weight is 558 g/mol. The predicted molar refractivity (Wildman–Crippen MR) is 129 cm³/mol. The standard InChI is InChI=1S/C19H23N7O9S2/c1-19(2)14(17(29)26(19)35-37(30,31)32)24-16(28)13(11-8-36-18(22)23-11)25-34-6-5-33-9-3-4-10(15(20)21)12(27)7-9/h3-4,7-8,14,27H,5-6H2,1-2H3,(H3,20,21)(H2,22,23)(H,24,28)(H,30,31,32). The number of thiazole rings is 1. The van der Waals surface area contributed by atoms with Crippen molar-refractivity contribution in [2.24, 2.45) is 10.9 Å². The fourth-order valence-electron chi connectivity index (χ4n) is 3.16. The van der Waals surface area contributed by atoms with Crippen LogP contribution in [0.15, 0.2) is 28.7 Å². The Kier molecular flexibility index (Phi) is 7.86. The minimum absolute atomic E-state index is 0.0491. The van der Waals surface area contributed by atoms with Crippen molar-refractivity contribution in [3.63, 3.8) is 0 Å².